The Morgan fingerprint density at radius 3 is 2.37 bits per heavy atom. The van der Waals surface area contributed by atoms with Gasteiger partial charge in [-0.05, 0) is 62.1 Å². The summed E-state index contributed by atoms with van der Waals surface area (Å²) in [7, 11) is 0. The van der Waals surface area contributed by atoms with E-state index in [0.717, 1.165) is 17.7 Å². The second-order valence-electron chi connectivity index (χ2n) is 10.1. The molecule has 8 nitrogen and oxygen atoms in total. The Balaban J connectivity index is 1.52. The Bertz CT molecular complexity index is 1740. The van der Waals surface area contributed by atoms with Gasteiger partial charge in [0.25, 0.3) is 5.56 Å². The highest BCUT2D eigenvalue weighted by Gasteiger charge is 2.18. The average Bonchev–Trinajstić information content (AvgIpc) is 3.38. The number of ether oxygens (including phenoxy) is 1. The van der Waals surface area contributed by atoms with Gasteiger partial charge in [-0.2, -0.15) is 5.16 Å². The highest BCUT2D eigenvalue weighted by molar-refractivity contribution is 5.80. The minimum atomic E-state index is -0.815. The highest BCUT2D eigenvalue weighted by atomic mass is 19.1. The van der Waals surface area contributed by atoms with Crippen molar-refractivity contribution in [3.63, 3.8) is 0 Å². The molecule has 0 aliphatic heterocycles. The number of nitrogens with zero attached hydrogens (tertiary/aromatic N) is 4. The molecule has 5 rings (SSSR count). The summed E-state index contributed by atoms with van der Waals surface area (Å²) in [6, 6.07) is 19.2. The molecule has 5 aromatic rings. The number of aryl methyl sites for hydroxylation is 2. The van der Waals surface area contributed by atoms with Crippen molar-refractivity contribution in [2.24, 2.45) is 0 Å². The molecule has 0 fully saturated rings. The normalized spacial score (nSPS) is 11.3. The van der Waals surface area contributed by atoms with Crippen molar-refractivity contribution in [3.05, 3.63) is 100.0 Å². The number of rotatable bonds is 9. The lowest BCUT2D eigenvalue weighted by Gasteiger charge is -2.17. The minimum Gasteiger partial charge on any atom is -0.528 e. The van der Waals surface area contributed by atoms with Crippen LogP contribution in [-0.2, 0) is 13.0 Å². The first-order chi connectivity index (χ1) is 19.7. The number of halogens is 1. The third kappa shape index (κ3) is 5.89. The van der Waals surface area contributed by atoms with Gasteiger partial charge in [-0.3, -0.25) is 9.36 Å². The van der Waals surface area contributed by atoms with Gasteiger partial charge in [0, 0.05) is 17.5 Å². The van der Waals surface area contributed by atoms with E-state index in [1.54, 1.807) is 41.0 Å². The van der Waals surface area contributed by atoms with Gasteiger partial charge in [-0.1, -0.05) is 55.5 Å². The molecule has 210 valence electrons. The van der Waals surface area contributed by atoms with Crippen LogP contribution in [0.4, 0.5) is 4.39 Å². The van der Waals surface area contributed by atoms with Crippen LogP contribution in [0, 0.1) is 12.7 Å². The van der Waals surface area contributed by atoms with Crippen molar-refractivity contribution in [2.45, 2.75) is 53.2 Å². The second kappa shape index (κ2) is 11.8. The summed E-state index contributed by atoms with van der Waals surface area (Å²) in [6.45, 7) is 7.94. The molecule has 0 N–H and O–H groups in total. The van der Waals surface area contributed by atoms with E-state index in [2.05, 4.69) is 14.7 Å². The molecule has 0 spiro atoms. The van der Waals surface area contributed by atoms with Crippen molar-refractivity contribution in [1.82, 2.24) is 19.7 Å². The third-order valence-corrected chi connectivity index (χ3v) is 6.66. The van der Waals surface area contributed by atoms with Gasteiger partial charge in [0.2, 0.25) is 0 Å². The molecule has 0 aliphatic rings. The van der Waals surface area contributed by atoms with Crippen LogP contribution in [0.5, 0.6) is 11.8 Å². The number of hydrogen-bond donors (Lipinski definition) is 0. The summed E-state index contributed by atoms with van der Waals surface area (Å²) in [5, 5.41) is 15.1. The zero-order chi connectivity index (χ0) is 29.1. The lowest BCUT2D eigenvalue weighted by molar-refractivity contribution is -0.303. The molecule has 9 heteroatoms. The monoisotopic (exact) mass is 553 g/mol. The van der Waals surface area contributed by atoms with Crippen molar-refractivity contribution >= 4 is 0 Å². The van der Waals surface area contributed by atoms with E-state index < -0.39 is 11.9 Å². The molecule has 0 radical (unpaired) electrons. The van der Waals surface area contributed by atoms with Crippen LogP contribution in [0.15, 0.2) is 76.0 Å². The lowest BCUT2D eigenvalue weighted by Crippen LogP contribution is -2.28. The van der Waals surface area contributed by atoms with Crippen LogP contribution in [0.3, 0.4) is 0 Å². The molecule has 0 atom stereocenters. The third-order valence-electron chi connectivity index (χ3n) is 6.66. The van der Waals surface area contributed by atoms with Crippen molar-refractivity contribution < 1.29 is 18.8 Å². The van der Waals surface area contributed by atoms with E-state index in [0.29, 0.717) is 45.8 Å². The number of benzene rings is 3. The van der Waals surface area contributed by atoms with E-state index in [1.165, 1.54) is 6.07 Å². The summed E-state index contributed by atoms with van der Waals surface area (Å²) < 4.78 is 27.5. The summed E-state index contributed by atoms with van der Waals surface area (Å²) in [4.78, 5) is 22.4. The summed E-state index contributed by atoms with van der Waals surface area (Å²) >= 11 is 0. The standard InChI is InChI=1S/C32H31FN4O4/c1-5-8-28-34-20(4)29(22-12-14-23(15-13-22)40-19(2)3)31(38)37(28)18-21-11-16-25(27(33)17-21)24-9-6-7-10-26(24)30-35-32(39)41-36-30/h6-7,9-17,19H,5,8,18H2,1-4H3,(H,35,36,39)/p-1. The molecule has 0 unspecified atom stereocenters. The molecule has 0 amide bonds. The molecule has 0 saturated carbocycles. The molecule has 41 heavy (non-hydrogen) atoms. The molecule has 2 heterocycles. The van der Waals surface area contributed by atoms with E-state index in [9.17, 15) is 9.90 Å². The van der Waals surface area contributed by atoms with Crippen LogP contribution in [0.2, 0.25) is 0 Å². The summed E-state index contributed by atoms with van der Waals surface area (Å²) in [6.07, 6.45) is 0.639. The minimum absolute atomic E-state index is 0.0414. The van der Waals surface area contributed by atoms with Crippen LogP contribution < -0.4 is 15.4 Å². The number of aromatic nitrogens is 4. The first-order valence-corrected chi connectivity index (χ1v) is 13.5. The average molecular weight is 554 g/mol. The topological polar surface area (TPSA) is 106 Å². The molecular weight excluding hydrogens is 523 g/mol. The smallest absolute Gasteiger partial charge is 0.261 e. The van der Waals surface area contributed by atoms with Crippen LogP contribution >= 0.6 is 0 Å². The van der Waals surface area contributed by atoms with E-state index in [4.69, 9.17) is 9.72 Å². The van der Waals surface area contributed by atoms with Gasteiger partial charge in [-0.25, -0.2) is 14.4 Å². The first-order valence-electron chi connectivity index (χ1n) is 13.5. The van der Waals surface area contributed by atoms with Gasteiger partial charge in [0.1, 0.15) is 17.4 Å². The molecule has 0 aliphatic carbocycles. The van der Waals surface area contributed by atoms with Crippen molar-refractivity contribution in [2.75, 3.05) is 0 Å². The predicted octanol–water partition coefficient (Wildman–Crippen LogP) is 5.94. The Kier molecular flexibility index (Phi) is 7.96. The highest BCUT2D eigenvalue weighted by Crippen LogP contribution is 2.33. The fourth-order valence-corrected chi connectivity index (χ4v) is 4.89. The summed E-state index contributed by atoms with van der Waals surface area (Å²) in [5.41, 5.74) is 3.63. The van der Waals surface area contributed by atoms with Crippen molar-refractivity contribution in [3.8, 4) is 45.5 Å². The predicted molar refractivity (Wildman–Crippen MR) is 152 cm³/mol. The van der Waals surface area contributed by atoms with E-state index in [1.807, 2.05) is 52.0 Å². The van der Waals surface area contributed by atoms with Crippen LogP contribution in [0.1, 0.15) is 44.3 Å². The van der Waals surface area contributed by atoms with Gasteiger partial charge >= 0.3 is 0 Å². The molecular formula is C32H30FN4O4-. The maximum absolute atomic E-state index is 15.6. The Hall–Kier alpha value is -4.79. The zero-order valence-corrected chi connectivity index (χ0v) is 23.3. The second-order valence-corrected chi connectivity index (χ2v) is 10.1. The van der Waals surface area contributed by atoms with E-state index >= 15 is 4.39 Å². The van der Waals surface area contributed by atoms with Gasteiger partial charge in [-0.15, -0.1) is 0 Å². The molecule has 3 aromatic carbocycles. The molecule has 2 aromatic heterocycles. The fraction of sp³-hybridized carbons (Fsp3) is 0.250. The zero-order valence-electron chi connectivity index (χ0n) is 23.3. The maximum atomic E-state index is 15.6. The lowest BCUT2D eigenvalue weighted by atomic mass is 9.97. The Morgan fingerprint density at radius 1 is 1.00 bits per heavy atom. The number of hydrogen-bond acceptors (Lipinski definition) is 7. The van der Waals surface area contributed by atoms with Gasteiger partial charge in [0.05, 0.1) is 23.9 Å². The van der Waals surface area contributed by atoms with Gasteiger partial charge < -0.3 is 14.4 Å². The van der Waals surface area contributed by atoms with E-state index in [-0.39, 0.29) is 24.0 Å². The van der Waals surface area contributed by atoms with Crippen LogP contribution in [0.25, 0.3) is 33.6 Å². The molecule has 0 saturated heterocycles. The van der Waals surface area contributed by atoms with Gasteiger partial charge in [0.15, 0.2) is 11.9 Å². The quantitative estimate of drug-likeness (QED) is 0.222. The maximum Gasteiger partial charge on any atom is 0.261 e. The Morgan fingerprint density at radius 2 is 1.73 bits per heavy atom. The van der Waals surface area contributed by atoms with Crippen LogP contribution in [-0.4, -0.2) is 25.8 Å². The summed E-state index contributed by atoms with van der Waals surface area (Å²) in [5.74, 6) is 0.986. The Labute approximate surface area is 237 Å². The fourth-order valence-electron chi connectivity index (χ4n) is 4.89. The van der Waals surface area contributed by atoms with Crippen molar-refractivity contribution in [1.29, 1.82) is 0 Å². The molecule has 0 bridgehead atoms. The first kappa shape index (κ1) is 27.8. The largest absolute Gasteiger partial charge is 0.528 e. The SMILES string of the molecule is CCCc1nc(C)c(-c2ccc(OC(C)C)cc2)c(=O)n1Cc1ccc(-c2ccccc2-c2noc([O-])n2)c(F)c1.